The molecule has 2 aromatic carbocycles. The Labute approximate surface area is 210 Å². The van der Waals surface area contributed by atoms with Gasteiger partial charge < -0.3 is 14.5 Å². The van der Waals surface area contributed by atoms with Crippen molar-refractivity contribution in [3.05, 3.63) is 82.8 Å². The molecule has 0 bridgehead atoms. The lowest BCUT2D eigenvalue weighted by molar-refractivity contribution is 0.0691. The summed E-state index contributed by atoms with van der Waals surface area (Å²) >= 11 is 0. The second kappa shape index (κ2) is 8.94. The van der Waals surface area contributed by atoms with Gasteiger partial charge in [0.25, 0.3) is 0 Å². The van der Waals surface area contributed by atoms with Crippen LogP contribution in [0.2, 0.25) is 0 Å². The molecule has 4 aromatic rings. The predicted molar refractivity (Wildman–Crippen MR) is 141 cm³/mol. The van der Waals surface area contributed by atoms with Crippen LogP contribution in [0.3, 0.4) is 0 Å². The van der Waals surface area contributed by atoms with E-state index in [0.717, 1.165) is 64.2 Å². The van der Waals surface area contributed by atoms with Crippen molar-refractivity contribution in [1.82, 2.24) is 10.1 Å². The molecule has 1 aliphatic carbocycles. The summed E-state index contributed by atoms with van der Waals surface area (Å²) in [6, 6.07) is 16.1. The highest BCUT2D eigenvalue weighted by molar-refractivity contribution is 5.92. The zero-order valence-electron chi connectivity index (χ0n) is 20.6. The van der Waals surface area contributed by atoms with E-state index in [1.54, 1.807) is 6.07 Å². The summed E-state index contributed by atoms with van der Waals surface area (Å²) in [5.74, 6) is 0.950. The Kier molecular flexibility index (Phi) is 5.59. The standard InChI is InChI=1S/C30H29N3O3/c1-18-5-3-4-6-23(18)28-24(29(36-32-28)21-8-9-21)11-7-20-13-14-33(17-20)22-10-12-26-25(16-22)19(2)15-27(31-26)30(34)35/h3-7,10-12,15-16,20-21H,8-9,13-14,17H2,1-2H3,(H,34,35)/b11-7+/t20-/m0/s1. The van der Waals surface area contributed by atoms with Crippen LogP contribution in [0, 0.1) is 19.8 Å². The summed E-state index contributed by atoms with van der Waals surface area (Å²) in [7, 11) is 0. The molecule has 0 amide bonds. The number of carboxylic acid groups (broad SMARTS) is 1. The van der Waals surface area contributed by atoms with Gasteiger partial charge in [0.1, 0.15) is 17.1 Å². The molecule has 1 saturated heterocycles. The zero-order chi connectivity index (χ0) is 24.8. The first-order valence-corrected chi connectivity index (χ1v) is 12.6. The molecule has 0 unspecified atom stereocenters. The Morgan fingerprint density at radius 1 is 1.08 bits per heavy atom. The molecule has 36 heavy (non-hydrogen) atoms. The van der Waals surface area contributed by atoms with Crippen LogP contribution in [0.5, 0.6) is 0 Å². The monoisotopic (exact) mass is 479 g/mol. The summed E-state index contributed by atoms with van der Waals surface area (Å²) in [5, 5.41) is 14.8. The lowest BCUT2D eigenvalue weighted by Crippen LogP contribution is -2.19. The van der Waals surface area contributed by atoms with E-state index in [0.29, 0.717) is 11.8 Å². The summed E-state index contributed by atoms with van der Waals surface area (Å²) in [5.41, 5.74) is 7.29. The number of carbonyl (C=O) groups is 1. The largest absolute Gasteiger partial charge is 0.477 e. The highest BCUT2D eigenvalue weighted by Gasteiger charge is 2.32. The lowest BCUT2D eigenvalue weighted by Gasteiger charge is -2.19. The maximum Gasteiger partial charge on any atom is 0.354 e. The maximum atomic E-state index is 11.3. The van der Waals surface area contributed by atoms with Crippen LogP contribution in [-0.4, -0.2) is 34.3 Å². The van der Waals surface area contributed by atoms with Gasteiger partial charge in [0, 0.05) is 41.2 Å². The summed E-state index contributed by atoms with van der Waals surface area (Å²) in [6.45, 7) is 5.97. The number of anilines is 1. The summed E-state index contributed by atoms with van der Waals surface area (Å²) in [4.78, 5) is 18.0. The van der Waals surface area contributed by atoms with Crippen molar-refractivity contribution in [1.29, 1.82) is 0 Å². The fourth-order valence-electron chi connectivity index (χ4n) is 5.24. The molecule has 6 nitrogen and oxygen atoms in total. The average Bonchev–Trinajstić information content (AvgIpc) is 3.46. The Bertz CT molecular complexity index is 1500. The molecule has 3 heterocycles. The van der Waals surface area contributed by atoms with E-state index in [-0.39, 0.29) is 5.69 Å². The minimum atomic E-state index is -0.999. The minimum absolute atomic E-state index is 0.0866. The van der Waals surface area contributed by atoms with E-state index < -0.39 is 5.97 Å². The molecule has 6 heteroatoms. The number of benzene rings is 2. The molecule has 2 aliphatic rings. The second-order valence-corrected chi connectivity index (χ2v) is 10.1. The van der Waals surface area contributed by atoms with E-state index in [9.17, 15) is 9.90 Å². The van der Waals surface area contributed by atoms with Gasteiger partial charge in [-0.05, 0) is 74.4 Å². The van der Waals surface area contributed by atoms with Gasteiger partial charge in [-0.1, -0.05) is 41.6 Å². The van der Waals surface area contributed by atoms with Crippen molar-refractivity contribution in [3.63, 3.8) is 0 Å². The zero-order valence-corrected chi connectivity index (χ0v) is 20.6. The van der Waals surface area contributed by atoms with E-state index in [1.165, 1.54) is 18.4 Å². The second-order valence-electron chi connectivity index (χ2n) is 10.1. The predicted octanol–water partition coefficient (Wildman–Crippen LogP) is 6.62. The molecular formula is C30H29N3O3. The SMILES string of the molecule is Cc1ccccc1-c1noc(C2CC2)c1/C=C/[C@H]1CCN(c2ccc3nc(C(=O)O)cc(C)c3c2)C1. The molecule has 1 atom stereocenters. The molecule has 1 saturated carbocycles. The fraction of sp³-hybridized carbons (Fsp3) is 0.300. The molecule has 0 radical (unpaired) electrons. The number of nitrogens with zero attached hydrogens (tertiary/aromatic N) is 3. The van der Waals surface area contributed by atoms with Crippen molar-refractivity contribution in [3.8, 4) is 11.3 Å². The molecular weight excluding hydrogens is 450 g/mol. The van der Waals surface area contributed by atoms with E-state index in [1.807, 2.05) is 19.1 Å². The quantitative estimate of drug-likeness (QED) is 0.335. The number of hydrogen-bond donors (Lipinski definition) is 1. The van der Waals surface area contributed by atoms with Gasteiger partial charge in [-0.25, -0.2) is 9.78 Å². The first-order valence-electron chi connectivity index (χ1n) is 12.6. The van der Waals surface area contributed by atoms with Gasteiger partial charge in [0.15, 0.2) is 0 Å². The third kappa shape index (κ3) is 4.17. The van der Waals surface area contributed by atoms with Crippen molar-refractivity contribution in [2.45, 2.75) is 39.0 Å². The van der Waals surface area contributed by atoms with Crippen LogP contribution in [0.15, 0.2) is 59.1 Å². The molecule has 0 spiro atoms. The smallest absolute Gasteiger partial charge is 0.354 e. The van der Waals surface area contributed by atoms with Gasteiger partial charge in [-0.15, -0.1) is 0 Å². The number of hydrogen-bond acceptors (Lipinski definition) is 5. The Hall–Kier alpha value is -3.93. The number of carboxylic acids is 1. The van der Waals surface area contributed by atoms with Crippen LogP contribution >= 0.6 is 0 Å². The van der Waals surface area contributed by atoms with E-state index >= 15 is 0 Å². The first-order chi connectivity index (χ1) is 17.5. The first kappa shape index (κ1) is 22.5. The average molecular weight is 480 g/mol. The van der Waals surface area contributed by atoms with Crippen molar-refractivity contribution < 1.29 is 14.4 Å². The number of aromatic nitrogens is 2. The fourth-order valence-corrected chi connectivity index (χ4v) is 5.24. The highest BCUT2D eigenvalue weighted by Crippen LogP contribution is 2.45. The van der Waals surface area contributed by atoms with Crippen molar-refractivity contribution in [2.24, 2.45) is 5.92 Å². The van der Waals surface area contributed by atoms with Gasteiger partial charge in [0.2, 0.25) is 0 Å². The van der Waals surface area contributed by atoms with Crippen molar-refractivity contribution >= 4 is 28.6 Å². The molecule has 1 N–H and O–H groups in total. The van der Waals surface area contributed by atoms with Crippen LogP contribution in [0.4, 0.5) is 5.69 Å². The van der Waals surface area contributed by atoms with E-state index in [2.05, 4.69) is 64.4 Å². The Morgan fingerprint density at radius 2 is 1.92 bits per heavy atom. The molecule has 1 aliphatic heterocycles. The van der Waals surface area contributed by atoms with Crippen LogP contribution < -0.4 is 4.90 Å². The van der Waals surface area contributed by atoms with Gasteiger partial charge in [-0.2, -0.15) is 0 Å². The molecule has 182 valence electrons. The topological polar surface area (TPSA) is 79.5 Å². The van der Waals surface area contributed by atoms with Crippen LogP contribution in [0.25, 0.3) is 28.2 Å². The van der Waals surface area contributed by atoms with Gasteiger partial charge in [-0.3, -0.25) is 0 Å². The number of aromatic carboxylic acids is 1. The lowest BCUT2D eigenvalue weighted by atomic mass is 9.98. The Morgan fingerprint density at radius 3 is 2.69 bits per heavy atom. The number of aryl methyl sites for hydroxylation is 2. The summed E-state index contributed by atoms with van der Waals surface area (Å²) < 4.78 is 5.86. The minimum Gasteiger partial charge on any atom is -0.477 e. The molecule has 6 rings (SSSR count). The third-order valence-corrected chi connectivity index (χ3v) is 7.45. The molecule has 2 aromatic heterocycles. The Balaban J connectivity index is 1.24. The van der Waals surface area contributed by atoms with Crippen LogP contribution in [0.1, 0.15) is 58.1 Å². The van der Waals surface area contributed by atoms with Gasteiger partial charge in [0.05, 0.1) is 5.52 Å². The van der Waals surface area contributed by atoms with Crippen molar-refractivity contribution in [2.75, 3.05) is 18.0 Å². The molecule has 2 fully saturated rings. The number of rotatable bonds is 6. The highest BCUT2D eigenvalue weighted by atomic mass is 16.5. The number of fused-ring (bicyclic) bond motifs is 1. The number of pyridine rings is 1. The summed E-state index contributed by atoms with van der Waals surface area (Å²) in [6.07, 6.45) is 7.98. The third-order valence-electron chi connectivity index (χ3n) is 7.45. The van der Waals surface area contributed by atoms with E-state index in [4.69, 9.17) is 4.52 Å². The normalized spacial score (nSPS) is 17.9. The van der Waals surface area contributed by atoms with Gasteiger partial charge >= 0.3 is 5.97 Å². The van der Waals surface area contributed by atoms with Crippen LogP contribution in [-0.2, 0) is 0 Å². The maximum absolute atomic E-state index is 11.3.